The van der Waals surface area contributed by atoms with Crippen LogP contribution in [0.2, 0.25) is 5.02 Å². The van der Waals surface area contributed by atoms with Crippen LogP contribution >= 0.6 is 11.6 Å². The lowest BCUT2D eigenvalue weighted by Crippen LogP contribution is -2.36. The average Bonchev–Trinajstić information content (AvgIpc) is 3.28. The first-order valence-corrected chi connectivity index (χ1v) is 10.2. The molecule has 2 amide bonds. The van der Waals surface area contributed by atoms with E-state index in [1.165, 1.54) is 4.90 Å². The molecule has 5 rings (SSSR count). The minimum atomic E-state index is -0.845. The Morgan fingerprint density at radius 2 is 1.43 bits per heavy atom. The Morgan fingerprint density at radius 3 is 2.10 bits per heavy atom. The highest BCUT2D eigenvalue weighted by Gasteiger charge is 2.59. The highest BCUT2D eigenvalue weighted by molar-refractivity contribution is 6.30. The highest BCUT2D eigenvalue weighted by Crippen LogP contribution is 2.47. The number of anilines is 1. The van der Waals surface area contributed by atoms with Gasteiger partial charge in [0.25, 0.3) is 5.91 Å². The van der Waals surface area contributed by atoms with Crippen LogP contribution in [0, 0.1) is 5.92 Å². The first-order chi connectivity index (χ1) is 14.6. The first kappa shape index (κ1) is 18.9. The number of fused-ring (bicyclic) bond motifs is 1. The molecule has 6 heteroatoms. The summed E-state index contributed by atoms with van der Waals surface area (Å²) in [5, 5.41) is 2.28. The van der Waals surface area contributed by atoms with Crippen LogP contribution < -0.4 is 5.06 Å². The number of hydrogen-bond acceptors (Lipinski definition) is 4. The van der Waals surface area contributed by atoms with Crippen molar-refractivity contribution in [3.05, 3.63) is 101 Å². The van der Waals surface area contributed by atoms with E-state index in [0.29, 0.717) is 5.02 Å². The zero-order valence-corrected chi connectivity index (χ0v) is 16.8. The second kappa shape index (κ2) is 7.59. The van der Waals surface area contributed by atoms with Crippen molar-refractivity contribution in [1.29, 1.82) is 0 Å². The van der Waals surface area contributed by atoms with Gasteiger partial charge in [0.15, 0.2) is 6.10 Å². The molecule has 3 aromatic rings. The summed E-state index contributed by atoms with van der Waals surface area (Å²) in [6.45, 7) is 0.247. The van der Waals surface area contributed by atoms with Gasteiger partial charge in [-0.15, -0.1) is 0 Å². The molecular weight excluding hydrogens is 400 g/mol. The Bertz CT molecular complexity index is 1070. The predicted molar refractivity (Wildman–Crippen MR) is 113 cm³/mol. The average molecular weight is 419 g/mol. The summed E-state index contributed by atoms with van der Waals surface area (Å²) >= 11 is 6.04. The molecule has 0 spiro atoms. The summed E-state index contributed by atoms with van der Waals surface area (Å²) in [6, 6.07) is 26.0. The lowest BCUT2D eigenvalue weighted by atomic mass is 9.90. The van der Waals surface area contributed by atoms with Crippen molar-refractivity contribution in [3.63, 3.8) is 0 Å². The molecule has 0 saturated carbocycles. The van der Waals surface area contributed by atoms with Crippen LogP contribution in [0.25, 0.3) is 0 Å². The molecule has 3 atom stereocenters. The second-order valence-electron chi connectivity index (χ2n) is 7.46. The van der Waals surface area contributed by atoms with Gasteiger partial charge in [0.1, 0.15) is 5.92 Å². The van der Waals surface area contributed by atoms with Crippen LogP contribution in [-0.2, 0) is 21.0 Å². The quantitative estimate of drug-likeness (QED) is 0.590. The van der Waals surface area contributed by atoms with Gasteiger partial charge >= 0.3 is 0 Å². The van der Waals surface area contributed by atoms with Crippen molar-refractivity contribution in [3.8, 4) is 0 Å². The molecule has 0 radical (unpaired) electrons. The Labute approximate surface area is 179 Å². The van der Waals surface area contributed by atoms with E-state index in [2.05, 4.69) is 0 Å². The maximum atomic E-state index is 13.4. The van der Waals surface area contributed by atoms with E-state index in [-0.39, 0.29) is 18.4 Å². The van der Waals surface area contributed by atoms with E-state index >= 15 is 0 Å². The Kier molecular flexibility index (Phi) is 4.77. The summed E-state index contributed by atoms with van der Waals surface area (Å²) in [5.41, 5.74) is 2.57. The number of rotatable bonds is 4. The lowest BCUT2D eigenvalue weighted by Gasteiger charge is -2.28. The predicted octanol–water partition coefficient (Wildman–Crippen LogP) is 4.39. The number of carbonyl (C=O) groups excluding carboxylic acids is 2. The molecule has 2 saturated heterocycles. The molecule has 3 aromatic carbocycles. The number of nitrogens with zero attached hydrogens (tertiary/aromatic N) is 2. The number of amides is 2. The molecule has 0 aromatic heterocycles. The molecule has 2 aliphatic heterocycles. The number of carbonyl (C=O) groups is 2. The van der Waals surface area contributed by atoms with Crippen molar-refractivity contribution in [1.82, 2.24) is 4.90 Å². The minimum absolute atomic E-state index is 0.209. The van der Waals surface area contributed by atoms with E-state index in [1.807, 2.05) is 72.8 Å². The van der Waals surface area contributed by atoms with Crippen LogP contribution in [0.3, 0.4) is 0 Å². The third-order valence-corrected chi connectivity index (χ3v) is 5.86. The number of benzene rings is 3. The molecule has 0 bridgehead atoms. The molecule has 2 aliphatic rings. The number of likely N-dealkylation sites (tertiary alicyclic amines) is 1. The van der Waals surface area contributed by atoms with E-state index in [1.54, 1.807) is 17.2 Å². The van der Waals surface area contributed by atoms with E-state index in [0.717, 1.165) is 16.8 Å². The van der Waals surface area contributed by atoms with Gasteiger partial charge in [0.2, 0.25) is 5.91 Å². The van der Waals surface area contributed by atoms with Gasteiger partial charge < -0.3 is 0 Å². The van der Waals surface area contributed by atoms with Crippen molar-refractivity contribution in [2.24, 2.45) is 5.92 Å². The number of hydroxylamine groups is 1. The monoisotopic (exact) mass is 418 g/mol. The Balaban J connectivity index is 1.51. The summed E-state index contributed by atoms with van der Waals surface area (Å²) in [4.78, 5) is 34.0. The van der Waals surface area contributed by atoms with Crippen molar-refractivity contribution < 1.29 is 14.4 Å². The second-order valence-corrected chi connectivity index (χ2v) is 7.89. The van der Waals surface area contributed by atoms with Crippen LogP contribution in [-0.4, -0.2) is 22.8 Å². The molecule has 2 fully saturated rings. The van der Waals surface area contributed by atoms with Crippen LogP contribution in [0.5, 0.6) is 0 Å². The maximum absolute atomic E-state index is 13.4. The minimum Gasteiger partial charge on any atom is -0.275 e. The molecule has 0 unspecified atom stereocenters. The third-order valence-electron chi connectivity index (χ3n) is 5.61. The SMILES string of the molecule is O=C1[C@H]2[C@@H](ON(c3ccc(Cl)cc3)[C@H]2c2ccccc2)C(=O)N1Cc1ccccc1. The Hall–Kier alpha value is -3.15. The van der Waals surface area contributed by atoms with Gasteiger partial charge in [-0.3, -0.25) is 19.3 Å². The normalized spacial score (nSPS) is 23.2. The van der Waals surface area contributed by atoms with Gasteiger partial charge in [-0.2, -0.15) is 0 Å². The molecule has 0 aliphatic carbocycles. The van der Waals surface area contributed by atoms with Crippen LogP contribution in [0.4, 0.5) is 5.69 Å². The molecule has 5 nitrogen and oxygen atoms in total. The summed E-state index contributed by atoms with van der Waals surface area (Å²) in [5.74, 6) is -1.12. The number of halogens is 1. The van der Waals surface area contributed by atoms with Gasteiger partial charge in [0, 0.05) is 5.02 Å². The zero-order valence-electron chi connectivity index (χ0n) is 16.0. The zero-order chi connectivity index (χ0) is 20.7. The van der Waals surface area contributed by atoms with E-state index in [4.69, 9.17) is 16.4 Å². The van der Waals surface area contributed by atoms with Crippen molar-refractivity contribution >= 4 is 29.1 Å². The molecule has 150 valence electrons. The standard InChI is InChI=1S/C24H19ClN2O3/c25-18-11-13-19(14-12-18)27-21(17-9-5-2-6-10-17)20-22(30-27)24(29)26(23(20)28)15-16-7-3-1-4-8-16/h1-14,20-22H,15H2/t20-,21+,22-/m1/s1. The smallest absolute Gasteiger partial charge is 0.262 e. The van der Waals surface area contributed by atoms with Crippen LogP contribution in [0.1, 0.15) is 17.2 Å². The fourth-order valence-electron chi connectivity index (χ4n) is 4.19. The topological polar surface area (TPSA) is 49.9 Å². The van der Waals surface area contributed by atoms with Crippen LogP contribution in [0.15, 0.2) is 84.9 Å². The number of imide groups is 1. The molecule has 0 N–H and O–H groups in total. The Morgan fingerprint density at radius 1 is 0.800 bits per heavy atom. The molecule has 30 heavy (non-hydrogen) atoms. The van der Waals surface area contributed by atoms with Gasteiger partial charge in [0.05, 0.1) is 18.3 Å². The maximum Gasteiger partial charge on any atom is 0.262 e. The molecular formula is C24H19ClN2O3. The fraction of sp³-hybridized carbons (Fsp3) is 0.167. The number of hydrogen-bond donors (Lipinski definition) is 0. The van der Waals surface area contributed by atoms with Crippen molar-refractivity contribution in [2.75, 3.05) is 5.06 Å². The van der Waals surface area contributed by atoms with Gasteiger partial charge in [-0.25, -0.2) is 5.06 Å². The third kappa shape index (κ3) is 3.16. The fourth-order valence-corrected chi connectivity index (χ4v) is 4.32. The highest BCUT2D eigenvalue weighted by atomic mass is 35.5. The first-order valence-electron chi connectivity index (χ1n) is 9.79. The largest absolute Gasteiger partial charge is 0.275 e. The van der Waals surface area contributed by atoms with E-state index in [9.17, 15) is 9.59 Å². The summed E-state index contributed by atoms with van der Waals surface area (Å²) in [7, 11) is 0. The van der Waals surface area contributed by atoms with Gasteiger partial charge in [-0.05, 0) is 35.4 Å². The summed E-state index contributed by atoms with van der Waals surface area (Å²) in [6.07, 6.45) is -0.845. The van der Waals surface area contributed by atoms with E-state index < -0.39 is 18.1 Å². The lowest BCUT2D eigenvalue weighted by molar-refractivity contribution is -0.143. The molecule has 2 heterocycles. The summed E-state index contributed by atoms with van der Waals surface area (Å²) < 4.78 is 0. The van der Waals surface area contributed by atoms with Crippen molar-refractivity contribution in [2.45, 2.75) is 18.7 Å². The van der Waals surface area contributed by atoms with Gasteiger partial charge in [-0.1, -0.05) is 72.3 Å².